The van der Waals surface area contributed by atoms with Crippen molar-refractivity contribution in [3.8, 4) is 0 Å². The second kappa shape index (κ2) is 7.03. The van der Waals surface area contributed by atoms with Gasteiger partial charge in [0, 0.05) is 18.6 Å². The minimum absolute atomic E-state index is 0.614. The molecular formula is C19H26N4O. The van der Waals surface area contributed by atoms with Crippen LogP contribution in [0.2, 0.25) is 0 Å². The lowest BCUT2D eigenvalue weighted by Crippen LogP contribution is -2.45. The van der Waals surface area contributed by atoms with E-state index >= 15 is 0 Å². The number of rotatable bonds is 5. The van der Waals surface area contributed by atoms with Crippen molar-refractivity contribution in [2.24, 2.45) is 0 Å². The lowest BCUT2D eigenvalue weighted by molar-refractivity contribution is 0.115. The van der Waals surface area contributed by atoms with Gasteiger partial charge in [0.15, 0.2) is 5.82 Å². The molecule has 5 heteroatoms. The van der Waals surface area contributed by atoms with E-state index in [-0.39, 0.29) is 0 Å². The second-order valence-corrected chi connectivity index (χ2v) is 7.08. The highest BCUT2D eigenvalue weighted by atomic mass is 16.5. The van der Waals surface area contributed by atoms with Crippen LogP contribution in [-0.4, -0.2) is 45.1 Å². The molecule has 5 nitrogen and oxygen atoms in total. The maximum absolute atomic E-state index is 5.34. The molecule has 0 N–H and O–H groups in total. The molecule has 2 saturated heterocycles. The quantitative estimate of drug-likeness (QED) is 0.845. The monoisotopic (exact) mass is 326 g/mol. The van der Waals surface area contributed by atoms with Crippen LogP contribution in [0.1, 0.15) is 43.0 Å². The van der Waals surface area contributed by atoms with E-state index in [0.717, 1.165) is 31.3 Å². The Labute approximate surface area is 143 Å². The number of hydrogen-bond donors (Lipinski definition) is 0. The molecule has 2 fully saturated rings. The van der Waals surface area contributed by atoms with Gasteiger partial charge in [-0.1, -0.05) is 35.5 Å². The molecule has 1 aromatic carbocycles. The van der Waals surface area contributed by atoms with Crippen LogP contribution < -0.4 is 0 Å². The topological polar surface area (TPSA) is 45.4 Å². The summed E-state index contributed by atoms with van der Waals surface area (Å²) in [4.78, 5) is 9.62. The summed E-state index contributed by atoms with van der Waals surface area (Å²) in [5.74, 6) is 1.49. The van der Waals surface area contributed by atoms with Gasteiger partial charge in [-0.25, -0.2) is 0 Å². The average Bonchev–Trinajstić information content (AvgIpc) is 3.31. The predicted octanol–water partition coefficient (Wildman–Crippen LogP) is 3.01. The van der Waals surface area contributed by atoms with Crippen molar-refractivity contribution in [1.29, 1.82) is 0 Å². The SMILES string of the molecule is Cc1noc(CN2CCC[C@H]2[C@@H]2CCCN2Cc2ccccc2)n1. The summed E-state index contributed by atoms with van der Waals surface area (Å²) in [6.07, 6.45) is 5.16. The third-order valence-electron chi connectivity index (χ3n) is 5.41. The Kier molecular flexibility index (Phi) is 4.63. The highest BCUT2D eigenvalue weighted by Crippen LogP contribution is 2.31. The predicted molar refractivity (Wildman–Crippen MR) is 92.3 cm³/mol. The van der Waals surface area contributed by atoms with Crippen molar-refractivity contribution in [2.45, 2.75) is 57.8 Å². The molecule has 4 rings (SSSR count). The smallest absolute Gasteiger partial charge is 0.240 e. The lowest BCUT2D eigenvalue weighted by atomic mass is 10.0. The molecule has 0 radical (unpaired) electrons. The summed E-state index contributed by atoms with van der Waals surface area (Å²) in [7, 11) is 0. The van der Waals surface area contributed by atoms with E-state index in [4.69, 9.17) is 4.52 Å². The van der Waals surface area contributed by atoms with Crippen LogP contribution in [0, 0.1) is 6.92 Å². The fraction of sp³-hybridized carbons (Fsp3) is 0.579. The summed E-state index contributed by atoms with van der Waals surface area (Å²) in [5, 5.41) is 3.93. The Bertz CT molecular complexity index is 656. The van der Waals surface area contributed by atoms with Gasteiger partial charge in [0.25, 0.3) is 0 Å². The van der Waals surface area contributed by atoms with Crippen LogP contribution in [0.4, 0.5) is 0 Å². The highest BCUT2D eigenvalue weighted by molar-refractivity contribution is 5.15. The van der Waals surface area contributed by atoms with E-state index < -0.39 is 0 Å². The molecule has 3 heterocycles. The van der Waals surface area contributed by atoms with Gasteiger partial charge in [-0.2, -0.15) is 4.98 Å². The van der Waals surface area contributed by atoms with Gasteiger partial charge < -0.3 is 4.52 Å². The van der Waals surface area contributed by atoms with E-state index in [9.17, 15) is 0 Å². The maximum atomic E-state index is 5.34. The lowest BCUT2D eigenvalue weighted by Gasteiger charge is -2.34. The van der Waals surface area contributed by atoms with Gasteiger partial charge in [0.1, 0.15) is 0 Å². The van der Waals surface area contributed by atoms with Crippen LogP contribution in [0.5, 0.6) is 0 Å². The van der Waals surface area contributed by atoms with Gasteiger partial charge in [-0.15, -0.1) is 0 Å². The summed E-state index contributed by atoms with van der Waals surface area (Å²) in [5.41, 5.74) is 1.42. The number of aryl methyl sites for hydroxylation is 1. The zero-order valence-electron chi connectivity index (χ0n) is 14.4. The van der Waals surface area contributed by atoms with Crippen LogP contribution in [0.25, 0.3) is 0 Å². The number of nitrogens with zero attached hydrogens (tertiary/aromatic N) is 4. The number of likely N-dealkylation sites (tertiary alicyclic amines) is 2. The third kappa shape index (κ3) is 3.37. The summed E-state index contributed by atoms with van der Waals surface area (Å²) in [6.45, 7) is 6.09. The first-order valence-corrected chi connectivity index (χ1v) is 9.11. The zero-order valence-corrected chi connectivity index (χ0v) is 14.4. The Morgan fingerprint density at radius 3 is 2.29 bits per heavy atom. The summed E-state index contributed by atoms with van der Waals surface area (Å²) < 4.78 is 5.34. The van der Waals surface area contributed by atoms with E-state index in [2.05, 4.69) is 50.3 Å². The van der Waals surface area contributed by atoms with Crippen molar-refractivity contribution in [3.63, 3.8) is 0 Å². The van der Waals surface area contributed by atoms with Gasteiger partial charge in [-0.05, 0) is 51.3 Å². The van der Waals surface area contributed by atoms with Crippen LogP contribution in [0.3, 0.4) is 0 Å². The van der Waals surface area contributed by atoms with Gasteiger partial charge in [0.05, 0.1) is 6.54 Å². The molecule has 0 bridgehead atoms. The van der Waals surface area contributed by atoms with Crippen molar-refractivity contribution >= 4 is 0 Å². The highest BCUT2D eigenvalue weighted by Gasteiger charge is 2.38. The molecule has 2 aliphatic rings. The van der Waals surface area contributed by atoms with Crippen molar-refractivity contribution in [2.75, 3.05) is 13.1 Å². The molecule has 0 saturated carbocycles. The number of benzene rings is 1. The largest absolute Gasteiger partial charge is 0.338 e. The number of aromatic nitrogens is 2. The van der Waals surface area contributed by atoms with Gasteiger partial charge >= 0.3 is 0 Å². The Hall–Kier alpha value is -1.72. The van der Waals surface area contributed by atoms with Gasteiger partial charge in [-0.3, -0.25) is 9.80 Å². The standard InChI is InChI=1S/C19H26N4O/c1-15-20-19(24-21-15)14-23-12-6-10-18(23)17-9-5-11-22(17)13-16-7-3-2-4-8-16/h2-4,7-8,17-18H,5-6,9-14H2,1H3/t17-,18-/m0/s1. The molecule has 128 valence electrons. The first kappa shape index (κ1) is 15.8. The summed E-state index contributed by atoms with van der Waals surface area (Å²) in [6, 6.07) is 12.1. The molecule has 0 unspecified atom stereocenters. The minimum atomic E-state index is 0.614. The normalized spacial score (nSPS) is 25.5. The van der Waals surface area contributed by atoms with Crippen LogP contribution in [0.15, 0.2) is 34.9 Å². The maximum Gasteiger partial charge on any atom is 0.240 e. The fourth-order valence-corrected chi connectivity index (χ4v) is 4.36. The van der Waals surface area contributed by atoms with E-state index in [1.165, 1.54) is 37.8 Å². The minimum Gasteiger partial charge on any atom is -0.338 e. The molecule has 0 spiro atoms. The van der Waals surface area contributed by atoms with E-state index in [0.29, 0.717) is 12.1 Å². The van der Waals surface area contributed by atoms with E-state index in [1.807, 2.05) is 6.92 Å². The Morgan fingerprint density at radius 1 is 1.00 bits per heavy atom. The van der Waals surface area contributed by atoms with E-state index in [1.54, 1.807) is 0 Å². The summed E-state index contributed by atoms with van der Waals surface area (Å²) >= 11 is 0. The first-order valence-electron chi connectivity index (χ1n) is 9.11. The van der Waals surface area contributed by atoms with Crippen molar-refractivity contribution in [1.82, 2.24) is 19.9 Å². The second-order valence-electron chi connectivity index (χ2n) is 7.08. The van der Waals surface area contributed by atoms with Gasteiger partial charge in [0.2, 0.25) is 5.89 Å². The molecule has 2 atom stereocenters. The first-order chi connectivity index (χ1) is 11.8. The average molecular weight is 326 g/mol. The van der Waals surface area contributed by atoms with Crippen molar-refractivity contribution in [3.05, 3.63) is 47.6 Å². The number of hydrogen-bond acceptors (Lipinski definition) is 5. The third-order valence-corrected chi connectivity index (χ3v) is 5.41. The fourth-order valence-electron chi connectivity index (χ4n) is 4.36. The molecule has 2 aromatic rings. The molecule has 2 aliphatic heterocycles. The van der Waals surface area contributed by atoms with Crippen molar-refractivity contribution < 1.29 is 4.52 Å². The molecule has 0 amide bonds. The van der Waals surface area contributed by atoms with Crippen LogP contribution in [-0.2, 0) is 13.1 Å². The van der Waals surface area contributed by atoms with Crippen LogP contribution >= 0.6 is 0 Å². The zero-order chi connectivity index (χ0) is 16.4. The molecule has 1 aromatic heterocycles. The molecule has 24 heavy (non-hydrogen) atoms. The Morgan fingerprint density at radius 2 is 1.67 bits per heavy atom. The molecular weight excluding hydrogens is 300 g/mol. The molecule has 0 aliphatic carbocycles. The Balaban J connectivity index is 1.44.